The molecule has 2 fully saturated rings. The number of nitrogens with zero attached hydrogens (tertiary/aromatic N) is 2. The van der Waals surface area contributed by atoms with Gasteiger partial charge in [0.15, 0.2) is 0 Å². The van der Waals surface area contributed by atoms with E-state index in [1.54, 1.807) is 25.7 Å². The lowest BCUT2D eigenvalue weighted by atomic mass is 10.2. The molecule has 2 atom stereocenters. The van der Waals surface area contributed by atoms with Gasteiger partial charge in [-0.1, -0.05) is 0 Å². The fourth-order valence-electron chi connectivity index (χ4n) is 3.04. The van der Waals surface area contributed by atoms with E-state index in [9.17, 15) is 14.4 Å². The van der Waals surface area contributed by atoms with Crippen molar-refractivity contribution in [2.75, 3.05) is 46.6 Å². The summed E-state index contributed by atoms with van der Waals surface area (Å²) in [7, 11) is 1.50. The second kappa shape index (κ2) is 8.68. The van der Waals surface area contributed by atoms with Crippen LogP contribution in [0.15, 0.2) is 0 Å². The molecule has 2 aliphatic rings. The summed E-state index contributed by atoms with van der Waals surface area (Å²) >= 11 is 0. The first-order valence-corrected chi connectivity index (χ1v) is 8.88. The molecule has 0 aromatic heterocycles. The van der Waals surface area contributed by atoms with Crippen LogP contribution in [0.3, 0.4) is 0 Å². The number of likely N-dealkylation sites (tertiary alicyclic amines) is 1. The number of alkyl carbamates (subject to hydrolysis) is 1. The minimum atomic E-state index is -0.698. The maximum Gasteiger partial charge on any atom is 0.408 e. The van der Waals surface area contributed by atoms with E-state index < -0.39 is 23.8 Å². The van der Waals surface area contributed by atoms with Gasteiger partial charge in [-0.05, 0) is 27.2 Å². The third kappa shape index (κ3) is 5.31. The SMILES string of the molecule is COC[C@@H](C(=O)N1CCOCC1)N1CC[C@H](NC(=O)OC(C)(C)C)C1=O. The van der Waals surface area contributed by atoms with E-state index in [4.69, 9.17) is 14.2 Å². The molecule has 0 bridgehead atoms. The summed E-state index contributed by atoms with van der Waals surface area (Å²) in [4.78, 5) is 40.6. The lowest BCUT2D eigenvalue weighted by molar-refractivity contribution is -0.149. The highest BCUT2D eigenvalue weighted by Gasteiger charge is 2.41. The Labute approximate surface area is 153 Å². The summed E-state index contributed by atoms with van der Waals surface area (Å²) < 4.78 is 15.6. The Bertz CT molecular complexity index is 527. The second-order valence-electron chi connectivity index (χ2n) is 7.43. The fraction of sp³-hybridized carbons (Fsp3) is 0.824. The molecule has 0 aliphatic carbocycles. The van der Waals surface area contributed by atoms with Gasteiger partial charge in [-0.25, -0.2) is 4.79 Å². The summed E-state index contributed by atoms with van der Waals surface area (Å²) in [6.07, 6.45) is -0.213. The van der Waals surface area contributed by atoms with E-state index >= 15 is 0 Å². The van der Waals surface area contributed by atoms with Crippen molar-refractivity contribution in [2.24, 2.45) is 0 Å². The molecule has 3 amide bonds. The van der Waals surface area contributed by atoms with Crippen molar-refractivity contribution in [3.05, 3.63) is 0 Å². The Morgan fingerprint density at radius 2 is 1.92 bits per heavy atom. The van der Waals surface area contributed by atoms with Crippen LogP contribution < -0.4 is 5.32 Å². The number of nitrogens with one attached hydrogen (secondary N) is 1. The molecule has 9 nitrogen and oxygen atoms in total. The average Bonchev–Trinajstić information content (AvgIpc) is 2.92. The zero-order valence-electron chi connectivity index (χ0n) is 15.9. The number of methoxy groups -OCH3 is 1. The Hall–Kier alpha value is -1.87. The molecule has 1 N–H and O–H groups in total. The minimum Gasteiger partial charge on any atom is -0.444 e. The summed E-state index contributed by atoms with van der Waals surface area (Å²) in [5, 5.41) is 2.59. The monoisotopic (exact) mass is 371 g/mol. The van der Waals surface area contributed by atoms with Gasteiger partial charge < -0.3 is 29.3 Å². The normalized spacial score (nSPS) is 22.3. The van der Waals surface area contributed by atoms with E-state index in [1.165, 1.54) is 12.0 Å². The standard InChI is InChI=1S/C17H29N3O6/c1-17(2,3)26-16(23)18-12-5-6-20(14(12)21)13(11-24-4)15(22)19-7-9-25-10-8-19/h12-13H,5-11H2,1-4H3,(H,18,23)/t12-,13-/m0/s1. The van der Waals surface area contributed by atoms with Crippen LogP contribution in [0.4, 0.5) is 4.79 Å². The van der Waals surface area contributed by atoms with E-state index in [0.29, 0.717) is 39.3 Å². The molecular weight excluding hydrogens is 342 g/mol. The first-order chi connectivity index (χ1) is 12.2. The summed E-state index contributed by atoms with van der Waals surface area (Å²) in [5.74, 6) is -0.444. The molecule has 0 radical (unpaired) electrons. The Morgan fingerprint density at radius 1 is 1.27 bits per heavy atom. The minimum absolute atomic E-state index is 0.112. The Balaban J connectivity index is 2.00. The van der Waals surface area contributed by atoms with Crippen LogP contribution in [0.2, 0.25) is 0 Å². The highest BCUT2D eigenvalue weighted by molar-refractivity contribution is 5.93. The van der Waals surface area contributed by atoms with Crippen molar-refractivity contribution < 1.29 is 28.6 Å². The van der Waals surface area contributed by atoms with Crippen molar-refractivity contribution in [2.45, 2.75) is 44.9 Å². The van der Waals surface area contributed by atoms with Crippen LogP contribution in [0, 0.1) is 0 Å². The molecule has 0 aromatic rings. The van der Waals surface area contributed by atoms with Crippen LogP contribution in [0.5, 0.6) is 0 Å². The molecule has 2 aliphatic heterocycles. The summed E-state index contributed by atoms with van der Waals surface area (Å²) in [6, 6.07) is -1.39. The highest BCUT2D eigenvalue weighted by Crippen LogP contribution is 2.18. The molecule has 0 aromatic carbocycles. The maximum atomic E-state index is 12.8. The largest absolute Gasteiger partial charge is 0.444 e. The fourth-order valence-corrected chi connectivity index (χ4v) is 3.04. The highest BCUT2D eigenvalue weighted by atomic mass is 16.6. The molecule has 0 unspecified atom stereocenters. The molecule has 2 heterocycles. The molecule has 26 heavy (non-hydrogen) atoms. The molecule has 9 heteroatoms. The van der Waals surface area contributed by atoms with Crippen LogP contribution >= 0.6 is 0 Å². The second-order valence-corrected chi connectivity index (χ2v) is 7.43. The van der Waals surface area contributed by atoms with Crippen LogP contribution in [0.1, 0.15) is 27.2 Å². The van der Waals surface area contributed by atoms with Crippen molar-refractivity contribution >= 4 is 17.9 Å². The number of hydrogen-bond donors (Lipinski definition) is 1. The van der Waals surface area contributed by atoms with Crippen molar-refractivity contribution in [1.82, 2.24) is 15.1 Å². The van der Waals surface area contributed by atoms with Crippen LogP contribution in [-0.2, 0) is 23.8 Å². The summed E-state index contributed by atoms with van der Waals surface area (Å²) in [6.45, 7) is 7.73. The van der Waals surface area contributed by atoms with Crippen molar-refractivity contribution in [1.29, 1.82) is 0 Å². The van der Waals surface area contributed by atoms with Crippen molar-refractivity contribution in [3.8, 4) is 0 Å². The number of carbonyl (C=O) groups is 3. The third-order valence-corrected chi connectivity index (χ3v) is 4.24. The Kier molecular flexibility index (Phi) is 6.82. The molecule has 0 spiro atoms. The quantitative estimate of drug-likeness (QED) is 0.730. The lowest BCUT2D eigenvalue weighted by Crippen LogP contribution is -2.55. The van der Waals surface area contributed by atoms with Gasteiger partial charge in [0.1, 0.15) is 17.7 Å². The predicted molar refractivity (Wildman–Crippen MR) is 92.6 cm³/mol. The van der Waals surface area contributed by atoms with Gasteiger partial charge in [0.25, 0.3) is 0 Å². The number of morpholine rings is 1. The van der Waals surface area contributed by atoms with Gasteiger partial charge in [0.2, 0.25) is 11.8 Å². The van der Waals surface area contributed by atoms with Gasteiger partial charge in [-0.2, -0.15) is 0 Å². The summed E-state index contributed by atoms with van der Waals surface area (Å²) in [5.41, 5.74) is -0.643. The first-order valence-electron chi connectivity index (χ1n) is 8.88. The molecule has 2 saturated heterocycles. The lowest BCUT2D eigenvalue weighted by Gasteiger charge is -2.34. The van der Waals surface area contributed by atoms with E-state index in [-0.39, 0.29) is 18.4 Å². The zero-order chi connectivity index (χ0) is 19.3. The molecule has 148 valence electrons. The van der Waals surface area contributed by atoms with E-state index in [0.717, 1.165) is 0 Å². The number of amides is 3. The number of rotatable bonds is 5. The van der Waals surface area contributed by atoms with Crippen LogP contribution in [-0.4, -0.2) is 92.0 Å². The topological polar surface area (TPSA) is 97.4 Å². The van der Waals surface area contributed by atoms with Crippen LogP contribution in [0.25, 0.3) is 0 Å². The molecule has 2 rings (SSSR count). The van der Waals surface area contributed by atoms with Gasteiger partial charge in [0.05, 0.1) is 19.8 Å². The molecule has 0 saturated carbocycles. The van der Waals surface area contributed by atoms with E-state index in [2.05, 4.69) is 5.32 Å². The van der Waals surface area contributed by atoms with Crippen molar-refractivity contribution in [3.63, 3.8) is 0 Å². The number of carbonyl (C=O) groups excluding carboxylic acids is 3. The van der Waals surface area contributed by atoms with Gasteiger partial charge in [-0.15, -0.1) is 0 Å². The van der Waals surface area contributed by atoms with Gasteiger partial charge in [-0.3, -0.25) is 9.59 Å². The Morgan fingerprint density at radius 3 is 2.50 bits per heavy atom. The smallest absolute Gasteiger partial charge is 0.408 e. The number of hydrogen-bond acceptors (Lipinski definition) is 6. The third-order valence-electron chi connectivity index (χ3n) is 4.24. The predicted octanol–water partition coefficient (Wildman–Crippen LogP) is -0.0142. The zero-order valence-corrected chi connectivity index (χ0v) is 15.9. The maximum absolute atomic E-state index is 12.8. The molecular formula is C17H29N3O6. The van der Waals surface area contributed by atoms with E-state index in [1.807, 2.05) is 0 Å². The number of ether oxygens (including phenoxy) is 3. The van der Waals surface area contributed by atoms with Gasteiger partial charge in [0, 0.05) is 26.7 Å². The average molecular weight is 371 g/mol. The van der Waals surface area contributed by atoms with Gasteiger partial charge >= 0.3 is 6.09 Å². The first kappa shape index (κ1) is 20.4.